The third-order valence-electron chi connectivity index (χ3n) is 7.94. The molecule has 162 valence electrons. The number of unbranched alkanes of at least 4 members (excludes halogenated alkanes) is 1. The largest absolute Gasteiger partial charge is 0.462 e. The topological polar surface area (TPSA) is 35.5 Å². The van der Waals surface area contributed by atoms with Crippen LogP contribution in [0.1, 0.15) is 110 Å². The number of esters is 1. The van der Waals surface area contributed by atoms with Crippen molar-refractivity contribution in [3.8, 4) is 0 Å². The Bertz CT molecular complexity index is 439. The number of carbonyl (C=O) groups excluding carboxylic acids is 1. The van der Waals surface area contributed by atoms with E-state index in [2.05, 4.69) is 13.8 Å². The summed E-state index contributed by atoms with van der Waals surface area (Å²) in [5, 5.41) is 0. The first-order valence-corrected chi connectivity index (χ1v) is 12.5. The molecular weight excluding hydrogens is 348 g/mol. The Morgan fingerprint density at radius 1 is 0.750 bits per heavy atom. The summed E-state index contributed by atoms with van der Waals surface area (Å²) < 4.78 is 11.6. The van der Waals surface area contributed by atoms with E-state index in [1.165, 1.54) is 57.8 Å². The standard InChI is InChI=1S/C25H44O3/c1-3-5-6-19-7-9-20(10-8-19)21-11-13-22(14-12-21)25(26)28-24-17-15-23(16-18-24)27-4-2/h19-24H,3-18H2,1-2H3. The van der Waals surface area contributed by atoms with E-state index in [1.54, 1.807) is 0 Å². The van der Waals surface area contributed by atoms with Gasteiger partial charge >= 0.3 is 5.97 Å². The molecule has 28 heavy (non-hydrogen) atoms. The molecule has 3 aliphatic carbocycles. The van der Waals surface area contributed by atoms with Crippen molar-refractivity contribution in [3.63, 3.8) is 0 Å². The van der Waals surface area contributed by atoms with Crippen LogP contribution in [0.2, 0.25) is 0 Å². The second kappa shape index (κ2) is 11.6. The molecule has 0 unspecified atom stereocenters. The SMILES string of the molecule is CCCCC1CCC(C2CCC(C(=O)OC3CCC(OCC)CC3)CC2)CC1. The van der Waals surface area contributed by atoms with Crippen molar-refractivity contribution in [1.29, 1.82) is 0 Å². The highest BCUT2D eigenvalue weighted by Gasteiger charge is 2.34. The Labute approximate surface area is 173 Å². The quantitative estimate of drug-likeness (QED) is 0.432. The second-order valence-corrected chi connectivity index (χ2v) is 9.83. The highest BCUT2D eigenvalue weighted by Crippen LogP contribution is 2.42. The molecule has 3 aliphatic rings. The van der Waals surface area contributed by atoms with Gasteiger partial charge in [-0.3, -0.25) is 4.79 Å². The second-order valence-electron chi connectivity index (χ2n) is 9.83. The summed E-state index contributed by atoms with van der Waals surface area (Å²) in [5.41, 5.74) is 0. The molecule has 0 aromatic rings. The maximum atomic E-state index is 12.6. The summed E-state index contributed by atoms with van der Waals surface area (Å²) >= 11 is 0. The van der Waals surface area contributed by atoms with Crippen LogP contribution >= 0.6 is 0 Å². The van der Waals surface area contributed by atoms with Gasteiger partial charge in [0, 0.05) is 6.61 Å². The van der Waals surface area contributed by atoms with Gasteiger partial charge in [0.15, 0.2) is 0 Å². The first kappa shape index (κ1) is 22.1. The van der Waals surface area contributed by atoms with Crippen LogP contribution in [0, 0.1) is 23.7 Å². The molecule has 3 nitrogen and oxygen atoms in total. The fourth-order valence-electron chi connectivity index (χ4n) is 6.08. The number of ether oxygens (including phenoxy) is 2. The van der Waals surface area contributed by atoms with Crippen LogP contribution in [-0.4, -0.2) is 24.8 Å². The Balaban J connectivity index is 1.32. The number of carbonyl (C=O) groups is 1. The van der Waals surface area contributed by atoms with Crippen molar-refractivity contribution in [2.24, 2.45) is 23.7 Å². The smallest absolute Gasteiger partial charge is 0.309 e. The summed E-state index contributed by atoms with van der Waals surface area (Å²) in [4.78, 5) is 12.6. The zero-order chi connectivity index (χ0) is 19.8. The Morgan fingerprint density at radius 2 is 1.32 bits per heavy atom. The lowest BCUT2D eigenvalue weighted by Gasteiger charge is -2.38. The molecule has 0 spiro atoms. The third-order valence-corrected chi connectivity index (χ3v) is 7.94. The van der Waals surface area contributed by atoms with E-state index in [0.29, 0.717) is 6.10 Å². The number of hydrogen-bond acceptors (Lipinski definition) is 3. The number of rotatable bonds is 8. The van der Waals surface area contributed by atoms with Gasteiger partial charge in [-0.25, -0.2) is 0 Å². The minimum atomic E-state index is 0.0987. The van der Waals surface area contributed by atoms with Crippen molar-refractivity contribution in [2.75, 3.05) is 6.61 Å². The van der Waals surface area contributed by atoms with Crippen molar-refractivity contribution in [3.05, 3.63) is 0 Å². The van der Waals surface area contributed by atoms with Crippen molar-refractivity contribution < 1.29 is 14.3 Å². The molecular formula is C25H44O3. The Morgan fingerprint density at radius 3 is 1.89 bits per heavy atom. The van der Waals surface area contributed by atoms with E-state index in [9.17, 15) is 4.79 Å². The zero-order valence-electron chi connectivity index (χ0n) is 18.5. The first-order valence-electron chi connectivity index (χ1n) is 12.5. The zero-order valence-corrected chi connectivity index (χ0v) is 18.5. The lowest BCUT2D eigenvalue weighted by Crippen LogP contribution is -2.33. The molecule has 0 aliphatic heterocycles. The lowest BCUT2D eigenvalue weighted by molar-refractivity contribution is -0.158. The van der Waals surface area contributed by atoms with Crippen molar-refractivity contribution in [1.82, 2.24) is 0 Å². The van der Waals surface area contributed by atoms with Crippen LogP contribution in [-0.2, 0) is 14.3 Å². The van der Waals surface area contributed by atoms with E-state index < -0.39 is 0 Å². The van der Waals surface area contributed by atoms with E-state index >= 15 is 0 Å². The summed E-state index contributed by atoms with van der Waals surface area (Å²) in [7, 11) is 0. The number of hydrogen-bond donors (Lipinski definition) is 0. The predicted octanol–water partition coefficient (Wildman–Crippen LogP) is 6.68. The molecule has 0 amide bonds. The maximum absolute atomic E-state index is 12.6. The summed E-state index contributed by atoms with van der Waals surface area (Å²) in [6.45, 7) is 5.15. The van der Waals surface area contributed by atoms with E-state index in [1.807, 2.05) is 0 Å². The fourth-order valence-corrected chi connectivity index (χ4v) is 6.08. The normalized spacial score (nSPS) is 36.8. The third kappa shape index (κ3) is 6.47. The van der Waals surface area contributed by atoms with Gasteiger partial charge < -0.3 is 9.47 Å². The Hall–Kier alpha value is -0.570. The fraction of sp³-hybridized carbons (Fsp3) is 0.960. The van der Waals surface area contributed by atoms with Crippen LogP contribution < -0.4 is 0 Å². The van der Waals surface area contributed by atoms with Gasteiger partial charge in [0.05, 0.1) is 12.0 Å². The molecule has 3 rings (SSSR count). The van der Waals surface area contributed by atoms with Gasteiger partial charge in [0.25, 0.3) is 0 Å². The van der Waals surface area contributed by atoms with Gasteiger partial charge in [-0.1, -0.05) is 39.0 Å². The van der Waals surface area contributed by atoms with Crippen LogP contribution in [0.5, 0.6) is 0 Å². The van der Waals surface area contributed by atoms with E-state index in [4.69, 9.17) is 9.47 Å². The molecule has 3 saturated carbocycles. The van der Waals surface area contributed by atoms with Crippen LogP contribution in [0.15, 0.2) is 0 Å². The average Bonchev–Trinajstić information content (AvgIpc) is 2.74. The molecule has 0 aromatic heterocycles. The minimum absolute atomic E-state index is 0.0987. The van der Waals surface area contributed by atoms with E-state index in [-0.39, 0.29) is 18.0 Å². The minimum Gasteiger partial charge on any atom is -0.462 e. The summed E-state index contributed by atoms with van der Waals surface area (Å²) in [6.07, 6.45) is 19.2. The van der Waals surface area contributed by atoms with Gasteiger partial charge in [-0.2, -0.15) is 0 Å². The van der Waals surface area contributed by atoms with E-state index in [0.717, 1.165) is 62.9 Å². The van der Waals surface area contributed by atoms with Gasteiger partial charge in [0.2, 0.25) is 0 Å². The highest BCUT2D eigenvalue weighted by molar-refractivity contribution is 5.72. The Kier molecular flexibility index (Phi) is 9.14. The van der Waals surface area contributed by atoms with Gasteiger partial charge in [-0.15, -0.1) is 0 Å². The molecule has 0 aromatic carbocycles. The van der Waals surface area contributed by atoms with Gasteiger partial charge in [-0.05, 0) is 88.9 Å². The molecule has 0 atom stereocenters. The lowest BCUT2D eigenvalue weighted by atomic mass is 9.68. The summed E-state index contributed by atoms with van der Waals surface area (Å²) in [5.74, 6) is 3.07. The van der Waals surface area contributed by atoms with Crippen molar-refractivity contribution >= 4 is 5.97 Å². The summed E-state index contributed by atoms with van der Waals surface area (Å²) in [6, 6.07) is 0. The average molecular weight is 393 g/mol. The molecule has 0 radical (unpaired) electrons. The highest BCUT2D eigenvalue weighted by atomic mass is 16.5. The molecule has 0 bridgehead atoms. The molecule has 3 fully saturated rings. The predicted molar refractivity (Wildman–Crippen MR) is 114 cm³/mol. The molecule has 0 saturated heterocycles. The molecule has 0 N–H and O–H groups in total. The van der Waals surface area contributed by atoms with Crippen LogP contribution in [0.4, 0.5) is 0 Å². The monoisotopic (exact) mass is 392 g/mol. The maximum Gasteiger partial charge on any atom is 0.309 e. The van der Waals surface area contributed by atoms with Crippen LogP contribution in [0.3, 0.4) is 0 Å². The molecule has 3 heteroatoms. The van der Waals surface area contributed by atoms with Crippen molar-refractivity contribution in [2.45, 2.75) is 122 Å². The van der Waals surface area contributed by atoms with Gasteiger partial charge in [0.1, 0.15) is 6.10 Å². The first-order chi connectivity index (χ1) is 13.7. The molecule has 0 heterocycles. The van der Waals surface area contributed by atoms with Crippen LogP contribution in [0.25, 0.3) is 0 Å².